The van der Waals surface area contributed by atoms with Gasteiger partial charge in [-0.15, -0.1) is 0 Å². The summed E-state index contributed by atoms with van der Waals surface area (Å²) in [6.45, 7) is 7.23. The molecule has 0 atom stereocenters. The summed E-state index contributed by atoms with van der Waals surface area (Å²) in [6, 6.07) is 11.7. The first-order chi connectivity index (χ1) is 9.42. The summed E-state index contributed by atoms with van der Waals surface area (Å²) in [5, 5.41) is 3.45. The summed E-state index contributed by atoms with van der Waals surface area (Å²) in [4.78, 5) is 4.24. The normalized spacial score (nSPS) is 11.4. The van der Waals surface area contributed by atoms with Crippen LogP contribution >= 0.6 is 15.9 Å². The van der Waals surface area contributed by atoms with E-state index in [4.69, 9.17) is 4.74 Å². The van der Waals surface area contributed by atoms with E-state index in [1.165, 1.54) is 0 Å². The van der Waals surface area contributed by atoms with Crippen molar-refractivity contribution < 1.29 is 4.74 Å². The molecule has 1 N–H and O–H groups in total. The van der Waals surface area contributed by atoms with Gasteiger partial charge in [-0.3, -0.25) is 0 Å². The third-order valence-corrected chi connectivity index (χ3v) is 3.13. The molecule has 0 saturated heterocycles. The molecule has 1 aromatic heterocycles. The number of aromatic nitrogens is 1. The van der Waals surface area contributed by atoms with Gasteiger partial charge in [0, 0.05) is 28.8 Å². The zero-order valence-electron chi connectivity index (χ0n) is 12.0. The Balaban J connectivity index is 2.06. The van der Waals surface area contributed by atoms with E-state index >= 15 is 0 Å². The van der Waals surface area contributed by atoms with Gasteiger partial charge < -0.3 is 10.1 Å². The maximum atomic E-state index is 5.76. The topological polar surface area (TPSA) is 34.2 Å². The fraction of sp³-hybridized carbons (Fsp3) is 0.312. The number of rotatable bonds is 4. The van der Waals surface area contributed by atoms with Crippen LogP contribution < -0.4 is 10.1 Å². The summed E-state index contributed by atoms with van der Waals surface area (Å²) in [6.07, 6.45) is 1.77. The van der Waals surface area contributed by atoms with E-state index in [2.05, 4.69) is 47.0 Å². The maximum Gasteiger partial charge on any atom is 0.219 e. The Morgan fingerprint density at radius 2 is 2.00 bits per heavy atom. The Hall–Kier alpha value is -1.39. The Bertz CT molecular complexity index is 579. The summed E-state index contributed by atoms with van der Waals surface area (Å²) in [5.41, 5.74) is 1.24. The van der Waals surface area contributed by atoms with Crippen LogP contribution in [0.3, 0.4) is 0 Å². The van der Waals surface area contributed by atoms with Gasteiger partial charge in [-0.1, -0.05) is 22.0 Å². The highest BCUT2D eigenvalue weighted by Gasteiger charge is 2.09. The van der Waals surface area contributed by atoms with Crippen molar-refractivity contribution >= 4 is 15.9 Å². The predicted molar refractivity (Wildman–Crippen MR) is 85.0 cm³/mol. The zero-order valence-corrected chi connectivity index (χ0v) is 13.6. The summed E-state index contributed by atoms with van der Waals surface area (Å²) in [7, 11) is 0. The lowest BCUT2D eigenvalue weighted by Crippen LogP contribution is -2.35. The first-order valence-corrected chi connectivity index (χ1v) is 7.35. The van der Waals surface area contributed by atoms with E-state index in [1.54, 1.807) is 6.20 Å². The van der Waals surface area contributed by atoms with Crippen molar-refractivity contribution in [3.05, 3.63) is 52.6 Å². The summed E-state index contributed by atoms with van der Waals surface area (Å²) < 4.78 is 6.75. The van der Waals surface area contributed by atoms with E-state index in [0.29, 0.717) is 5.88 Å². The molecule has 0 radical (unpaired) electrons. The molecule has 0 aliphatic heterocycles. The van der Waals surface area contributed by atoms with Crippen LogP contribution in [0.1, 0.15) is 26.3 Å². The Morgan fingerprint density at radius 1 is 1.20 bits per heavy atom. The number of hydrogen-bond acceptors (Lipinski definition) is 3. The smallest absolute Gasteiger partial charge is 0.219 e. The molecular weight excluding hydrogens is 316 g/mol. The lowest BCUT2D eigenvalue weighted by molar-refractivity contribution is 0.422. The second-order valence-electron chi connectivity index (χ2n) is 5.67. The van der Waals surface area contributed by atoms with Gasteiger partial charge in [0.2, 0.25) is 5.88 Å². The minimum absolute atomic E-state index is 0.0918. The molecule has 0 aliphatic carbocycles. The van der Waals surface area contributed by atoms with E-state index in [1.807, 2.05) is 36.4 Å². The van der Waals surface area contributed by atoms with Crippen LogP contribution in [0.15, 0.2) is 47.1 Å². The van der Waals surface area contributed by atoms with Crippen LogP contribution in [-0.2, 0) is 6.54 Å². The highest BCUT2D eigenvalue weighted by atomic mass is 79.9. The highest BCUT2D eigenvalue weighted by Crippen LogP contribution is 2.23. The predicted octanol–water partition coefficient (Wildman–Crippen LogP) is 4.52. The molecule has 2 rings (SSSR count). The van der Waals surface area contributed by atoms with Gasteiger partial charge in [0.25, 0.3) is 0 Å². The number of halogens is 1. The highest BCUT2D eigenvalue weighted by molar-refractivity contribution is 9.10. The van der Waals surface area contributed by atoms with Gasteiger partial charge >= 0.3 is 0 Å². The molecule has 1 aromatic carbocycles. The van der Waals surface area contributed by atoms with Gasteiger partial charge in [0.1, 0.15) is 5.75 Å². The summed E-state index contributed by atoms with van der Waals surface area (Å²) >= 11 is 3.43. The minimum Gasteiger partial charge on any atom is -0.439 e. The first kappa shape index (κ1) is 15.0. The molecule has 0 saturated carbocycles. The van der Waals surface area contributed by atoms with Crippen LogP contribution in [0.4, 0.5) is 0 Å². The van der Waals surface area contributed by atoms with Crippen molar-refractivity contribution in [1.29, 1.82) is 0 Å². The molecule has 20 heavy (non-hydrogen) atoms. The lowest BCUT2D eigenvalue weighted by Gasteiger charge is -2.20. The molecular formula is C16H19BrN2O. The van der Waals surface area contributed by atoms with Gasteiger partial charge in [0.05, 0.1) is 0 Å². The quantitative estimate of drug-likeness (QED) is 0.892. The number of pyridine rings is 1. The fourth-order valence-electron chi connectivity index (χ4n) is 1.63. The van der Waals surface area contributed by atoms with Crippen LogP contribution in [0, 0.1) is 0 Å². The van der Waals surface area contributed by atoms with Gasteiger partial charge in [-0.2, -0.15) is 0 Å². The fourth-order valence-corrected chi connectivity index (χ4v) is 2.01. The standard InChI is InChI=1S/C16H19BrN2O/c1-16(2,3)19-11-12-7-8-18-15(9-12)20-14-6-4-5-13(17)10-14/h4-10,19H,11H2,1-3H3. The lowest BCUT2D eigenvalue weighted by atomic mass is 10.1. The monoisotopic (exact) mass is 334 g/mol. The zero-order chi connectivity index (χ0) is 14.6. The van der Waals surface area contributed by atoms with Gasteiger partial charge in [-0.25, -0.2) is 4.98 Å². The number of hydrogen-bond donors (Lipinski definition) is 1. The number of benzene rings is 1. The van der Waals surface area contributed by atoms with Crippen molar-refractivity contribution in [2.75, 3.05) is 0 Å². The second-order valence-corrected chi connectivity index (χ2v) is 6.58. The average Bonchev–Trinajstić information content (AvgIpc) is 2.36. The van der Waals surface area contributed by atoms with E-state index in [9.17, 15) is 0 Å². The van der Waals surface area contributed by atoms with Crippen LogP contribution in [-0.4, -0.2) is 10.5 Å². The third kappa shape index (κ3) is 4.94. The molecule has 1 heterocycles. The Morgan fingerprint density at radius 3 is 2.70 bits per heavy atom. The van der Waals surface area contributed by atoms with Crippen LogP contribution in [0.5, 0.6) is 11.6 Å². The SMILES string of the molecule is CC(C)(C)NCc1ccnc(Oc2cccc(Br)c2)c1. The van der Waals surface area contributed by atoms with E-state index in [0.717, 1.165) is 22.3 Å². The Labute approximate surface area is 128 Å². The first-order valence-electron chi connectivity index (χ1n) is 6.56. The average molecular weight is 335 g/mol. The number of ether oxygens (including phenoxy) is 1. The third-order valence-electron chi connectivity index (χ3n) is 2.64. The van der Waals surface area contributed by atoms with Crippen LogP contribution in [0.25, 0.3) is 0 Å². The molecule has 0 aliphatic rings. The second kappa shape index (κ2) is 6.37. The molecule has 2 aromatic rings. The number of nitrogens with zero attached hydrogens (tertiary/aromatic N) is 1. The minimum atomic E-state index is 0.0918. The van der Waals surface area contributed by atoms with Crippen molar-refractivity contribution in [3.63, 3.8) is 0 Å². The van der Waals surface area contributed by atoms with E-state index in [-0.39, 0.29) is 5.54 Å². The molecule has 0 bridgehead atoms. The number of nitrogens with one attached hydrogen (secondary N) is 1. The van der Waals surface area contributed by atoms with Crippen molar-refractivity contribution in [2.24, 2.45) is 0 Å². The molecule has 106 valence electrons. The van der Waals surface area contributed by atoms with Crippen LogP contribution in [0.2, 0.25) is 0 Å². The molecule has 0 amide bonds. The summed E-state index contributed by atoms with van der Waals surface area (Å²) in [5.74, 6) is 1.38. The van der Waals surface area contributed by atoms with E-state index < -0.39 is 0 Å². The van der Waals surface area contributed by atoms with Gasteiger partial charge in [-0.05, 0) is 50.6 Å². The molecule has 0 unspecified atom stereocenters. The molecule has 3 nitrogen and oxygen atoms in total. The van der Waals surface area contributed by atoms with Crippen molar-refractivity contribution in [2.45, 2.75) is 32.9 Å². The Kier molecular flexibility index (Phi) is 4.78. The van der Waals surface area contributed by atoms with Crippen molar-refractivity contribution in [3.8, 4) is 11.6 Å². The molecule has 4 heteroatoms. The molecule has 0 fully saturated rings. The maximum absolute atomic E-state index is 5.76. The van der Waals surface area contributed by atoms with Crippen molar-refractivity contribution in [1.82, 2.24) is 10.3 Å². The largest absolute Gasteiger partial charge is 0.439 e. The van der Waals surface area contributed by atoms with Gasteiger partial charge in [0.15, 0.2) is 0 Å². The molecule has 0 spiro atoms.